The SMILES string of the molecule is C#C/C=C\C1=C(C)C[C@@H](O)[C@H]1NC(=O)C(c1cccnc1)N(C(=O)c1ccc2nc(-c3ccccc3)oc2c1)c1ccc(C(C)(C)C)cc1. The summed E-state index contributed by atoms with van der Waals surface area (Å²) in [6.07, 6.45) is 11.5. The number of rotatable bonds is 8. The highest BCUT2D eigenvalue weighted by atomic mass is 16.3. The summed E-state index contributed by atoms with van der Waals surface area (Å²) in [6, 6.07) is 23.9. The van der Waals surface area contributed by atoms with Gasteiger partial charge in [0, 0.05) is 34.8 Å². The zero-order valence-electron chi connectivity index (χ0n) is 27.9. The summed E-state index contributed by atoms with van der Waals surface area (Å²) in [4.78, 5) is 39.7. The van der Waals surface area contributed by atoms with E-state index in [4.69, 9.17) is 10.8 Å². The molecule has 0 saturated carbocycles. The van der Waals surface area contributed by atoms with E-state index >= 15 is 0 Å². The summed E-state index contributed by atoms with van der Waals surface area (Å²) in [5.41, 5.74) is 5.76. The van der Waals surface area contributed by atoms with Gasteiger partial charge in [0.15, 0.2) is 5.58 Å². The van der Waals surface area contributed by atoms with E-state index in [1.807, 2.05) is 61.5 Å². The maximum absolute atomic E-state index is 14.8. The first-order valence-electron chi connectivity index (χ1n) is 16.2. The molecule has 8 nitrogen and oxygen atoms in total. The number of nitrogens with zero attached hydrogens (tertiary/aromatic N) is 3. The van der Waals surface area contributed by atoms with Gasteiger partial charge >= 0.3 is 0 Å². The van der Waals surface area contributed by atoms with E-state index in [-0.39, 0.29) is 5.41 Å². The predicted octanol–water partition coefficient (Wildman–Crippen LogP) is 7.33. The Balaban J connectivity index is 1.46. The number of fused-ring (bicyclic) bond motifs is 1. The molecule has 8 heteroatoms. The van der Waals surface area contributed by atoms with Gasteiger partial charge in [-0.3, -0.25) is 19.5 Å². The van der Waals surface area contributed by atoms with Crippen molar-refractivity contribution in [2.45, 2.75) is 57.7 Å². The molecule has 3 atom stereocenters. The zero-order valence-corrected chi connectivity index (χ0v) is 27.9. The van der Waals surface area contributed by atoms with Gasteiger partial charge in [-0.05, 0) is 90.6 Å². The molecule has 0 saturated heterocycles. The molecule has 0 spiro atoms. The van der Waals surface area contributed by atoms with Crippen molar-refractivity contribution < 1.29 is 19.1 Å². The summed E-state index contributed by atoms with van der Waals surface area (Å²) >= 11 is 0. The van der Waals surface area contributed by atoms with E-state index in [1.165, 1.54) is 4.90 Å². The van der Waals surface area contributed by atoms with Crippen LogP contribution in [0.4, 0.5) is 5.69 Å². The van der Waals surface area contributed by atoms with Crippen molar-refractivity contribution in [1.82, 2.24) is 15.3 Å². The average molecular weight is 651 g/mol. The number of pyridine rings is 1. The summed E-state index contributed by atoms with van der Waals surface area (Å²) in [6.45, 7) is 8.24. The quantitative estimate of drug-likeness (QED) is 0.170. The van der Waals surface area contributed by atoms with Gasteiger partial charge < -0.3 is 14.8 Å². The zero-order chi connectivity index (χ0) is 34.7. The van der Waals surface area contributed by atoms with Gasteiger partial charge in [-0.1, -0.05) is 68.7 Å². The maximum atomic E-state index is 14.8. The lowest BCUT2D eigenvalue weighted by Crippen LogP contribution is -2.49. The first-order chi connectivity index (χ1) is 23.5. The van der Waals surface area contributed by atoms with Gasteiger partial charge in [-0.2, -0.15) is 0 Å². The highest BCUT2D eigenvalue weighted by Crippen LogP contribution is 2.35. The Bertz CT molecular complexity index is 2090. The Hall–Kier alpha value is -5.78. The van der Waals surface area contributed by atoms with E-state index in [9.17, 15) is 14.7 Å². The molecule has 2 aromatic heterocycles. The monoisotopic (exact) mass is 650 g/mol. The Labute approximate surface area is 286 Å². The number of hydrogen-bond donors (Lipinski definition) is 2. The third-order valence-corrected chi connectivity index (χ3v) is 8.78. The highest BCUT2D eigenvalue weighted by molar-refractivity contribution is 6.11. The number of oxazole rings is 1. The third-order valence-electron chi connectivity index (χ3n) is 8.78. The van der Waals surface area contributed by atoms with Crippen molar-refractivity contribution in [3.8, 4) is 23.8 Å². The average Bonchev–Trinajstić information content (AvgIpc) is 3.65. The summed E-state index contributed by atoms with van der Waals surface area (Å²) < 4.78 is 6.11. The topological polar surface area (TPSA) is 109 Å². The molecular formula is C41H38N4O4. The number of terminal acetylenes is 1. The largest absolute Gasteiger partial charge is 0.436 e. The number of nitrogens with one attached hydrogen (secondary N) is 1. The fourth-order valence-electron chi connectivity index (χ4n) is 6.17. The van der Waals surface area contributed by atoms with Crippen LogP contribution in [0.15, 0.2) is 125 Å². The van der Waals surface area contributed by atoms with Gasteiger partial charge in [0.2, 0.25) is 11.8 Å². The number of hydrogen-bond acceptors (Lipinski definition) is 6. The number of anilines is 1. The molecule has 0 aliphatic heterocycles. The second-order valence-corrected chi connectivity index (χ2v) is 13.2. The molecule has 246 valence electrons. The molecule has 1 aliphatic rings. The molecule has 2 N–H and O–H groups in total. The number of aliphatic hydroxyl groups is 1. The first kappa shape index (κ1) is 33.1. The summed E-state index contributed by atoms with van der Waals surface area (Å²) in [5, 5.41) is 14.1. The van der Waals surface area contributed by atoms with Crippen LogP contribution in [0, 0.1) is 12.3 Å². The Kier molecular flexibility index (Phi) is 9.30. The van der Waals surface area contributed by atoms with E-state index in [1.54, 1.807) is 54.9 Å². The third kappa shape index (κ3) is 6.94. The van der Waals surface area contributed by atoms with E-state index < -0.39 is 30.0 Å². The van der Waals surface area contributed by atoms with Crippen LogP contribution in [0.2, 0.25) is 0 Å². The molecule has 0 bridgehead atoms. The highest BCUT2D eigenvalue weighted by Gasteiger charge is 2.38. The van der Waals surface area contributed by atoms with Gasteiger partial charge in [-0.15, -0.1) is 6.42 Å². The van der Waals surface area contributed by atoms with Gasteiger partial charge in [0.25, 0.3) is 5.91 Å². The summed E-state index contributed by atoms with van der Waals surface area (Å²) in [5.74, 6) is 2.00. The molecule has 2 heterocycles. The predicted molar refractivity (Wildman–Crippen MR) is 192 cm³/mol. The molecule has 2 amide bonds. The normalized spacial score (nSPS) is 16.9. The van der Waals surface area contributed by atoms with Crippen LogP contribution < -0.4 is 10.2 Å². The van der Waals surface area contributed by atoms with Crippen molar-refractivity contribution in [2.24, 2.45) is 0 Å². The molecule has 1 unspecified atom stereocenters. The fourth-order valence-corrected chi connectivity index (χ4v) is 6.17. The lowest BCUT2D eigenvalue weighted by atomic mass is 9.87. The lowest BCUT2D eigenvalue weighted by molar-refractivity contribution is -0.123. The van der Waals surface area contributed by atoms with Gasteiger partial charge in [0.05, 0.1) is 12.1 Å². The standard InChI is InChI=1S/C41H38N4O4/c1-6-7-15-32-26(2)23-34(46)36(32)44-38(47)37(29-14-11-22-42-25-29)45(31-19-17-30(18-20-31)41(3,4)5)40(48)28-16-21-33-35(24-28)49-39(43-33)27-12-9-8-10-13-27/h1,7-22,24-25,34,36-37,46H,23H2,2-5H3,(H,44,47)/b15-7-/t34-,36+,37?/m1/s1. The van der Waals surface area contributed by atoms with Crippen LogP contribution in [-0.2, 0) is 10.2 Å². The Morgan fingerprint density at radius 1 is 1.06 bits per heavy atom. The molecule has 6 rings (SSSR count). The van der Waals surface area contributed by atoms with Crippen molar-refractivity contribution >= 4 is 28.6 Å². The van der Waals surface area contributed by atoms with Crippen molar-refractivity contribution in [3.05, 3.63) is 137 Å². The lowest BCUT2D eigenvalue weighted by Gasteiger charge is -2.33. The van der Waals surface area contributed by atoms with E-state index in [2.05, 4.69) is 42.0 Å². The van der Waals surface area contributed by atoms with Crippen molar-refractivity contribution in [2.75, 3.05) is 4.90 Å². The van der Waals surface area contributed by atoms with Crippen LogP contribution >= 0.6 is 0 Å². The minimum Gasteiger partial charge on any atom is -0.436 e. The van der Waals surface area contributed by atoms with Crippen LogP contribution in [-0.4, -0.2) is 39.0 Å². The van der Waals surface area contributed by atoms with Gasteiger partial charge in [-0.25, -0.2) is 4.98 Å². The number of carbonyl (C=O) groups is 2. The molecule has 3 aromatic carbocycles. The number of benzene rings is 3. The maximum Gasteiger partial charge on any atom is 0.259 e. The van der Waals surface area contributed by atoms with E-state index in [0.717, 1.165) is 22.3 Å². The molecule has 0 fully saturated rings. The molecule has 1 aliphatic carbocycles. The number of allylic oxidation sites excluding steroid dienone is 1. The Morgan fingerprint density at radius 3 is 2.49 bits per heavy atom. The molecule has 5 aromatic rings. The minimum absolute atomic E-state index is 0.133. The van der Waals surface area contributed by atoms with Crippen molar-refractivity contribution in [1.29, 1.82) is 0 Å². The second kappa shape index (κ2) is 13.8. The number of aromatic nitrogens is 2. The van der Waals surface area contributed by atoms with Gasteiger partial charge in [0.1, 0.15) is 11.6 Å². The summed E-state index contributed by atoms with van der Waals surface area (Å²) in [7, 11) is 0. The molecule has 0 radical (unpaired) electrons. The van der Waals surface area contributed by atoms with Crippen LogP contribution in [0.5, 0.6) is 0 Å². The minimum atomic E-state index is -1.15. The van der Waals surface area contributed by atoms with E-state index in [0.29, 0.717) is 40.2 Å². The smallest absolute Gasteiger partial charge is 0.259 e. The molecular weight excluding hydrogens is 612 g/mol. The second-order valence-electron chi connectivity index (χ2n) is 13.2. The molecule has 49 heavy (non-hydrogen) atoms. The van der Waals surface area contributed by atoms with Crippen molar-refractivity contribution in [3.63, 3.8) is 0 Å². The van der Waals surface area contributed by atoms with Crippen LogP contribution in [0.25, 0.3) is 22.6 Å². The number of amides is 2. The Morgan fingerprint density at radius 2 is 1.82 bits per heavy atom. The van der Waals surface area contributed by atoms with Crippen LogP contribution in [0.3, 0.4) is 0 Å². The fraction of sp³-hybridized carbons (Fsp3) is 0.220. The van der Waals surface area contributed by atoms with Crippen LogP contribution in [0.1, 0.15) is 61.6 Å². The number of aliphatic hydroxyl groups excluding tert-OH is 1. The first-order valence-corrected chi connectivity index (χ1v) is 16.2. The number of carbonyl (C=O) groups excluding carboxylic acids is 2.